The maximum atomic E-state index is 14.4. The number of hydrogen-bond donors (Lipinski definition) is 1. The van der Waals surface area contributed by atoms with Crippen LogP contribution in [0.4, 0.5) is 4.39 Å². The van der Waals surface area contributed by atoms with E-state index in [0.717, 1.165) is 22.9 Å². The monoisotopic (exact) mass is 511 g/mol. The Morgan fingerprint density at radius 3 is 2.47 bits per heavy atom. The minimum absolute atomic E-state index is 0.157. The summed E-state index contributed by atoms with van der Waals surface area (Å²) >= 11 is 0. The molecule has 0 saturated carbocycles. The summed E-state index contributed by atoms with van der Waals surface area (Å²) in [6.07, 6.45) is 2.33. The Balaban J connectivity index is 1.63. The average molecular weight is 512 g/mol. The lowest BCUT2D eigenvalue weighted by Crippen LogP contribution is -2.41. The number of nitrogens with zero attached hydrogens (tertiary/aromatic N) is 1. The number of carbonyl (C=O) groups is 2. The standard InChI is InChI=1S/C27H26FNO6S/c1-36(33,34)21-10-6-18(7-11-21)8-13-25(30)29-15-14-19-4-2-3-5-22(19)27(29)23-16-20(28)9-12-24(23)35-17-26(31)32/h2-7,9-12,16,27H,8,13-15,17H2,1H3,(H,31,32). The number of rotatable bonds is 8. The van der Waals surface area contributed by atoms with Crippen molar-refractivity contribution in [2.45, 2.75) is 30.2 Å². The first-order valence-electron chi connectivity index (χ1n) is 11.4. The van der Waals surface area contributed by atoms with Crippen LogP contribution >= 0.6 is 0 Å². The lowest BCUT2D eigenvalue weighted by atomic mass is 9.87. The number of benzene rings is 3. The quantitative estimate of drug-likeness (QED) is 0.494. The third-order valence-electron chi connectivity index (χ3n) is 6.20. The highest BCUT2D eigenvalue weighted by Gasteiger charge is 2.34. The molecule has 188 valence electrons. The largest absolute Gasteiger partial charge is 0.482 e. The number of carboxylic acids is 1. The van der Waals surface area contributed by atoms with E-state index in [-0.39, 0.29) is 23.0 Å². The summed E-state index contributed by atoms with van der Waals surface area (Å²) < 4.78 is 43.2. The highest BCUT2D eigenvalue weighted by Crippen LogP contribution is 2.40. The summed E-state index contributed by atoms with van der Waals surface area (Å²) in [7, 11) is -3.31. The molecule has 1 N–H and O–H groups in total. The molecule has 1 amide bonds. The number of amides is 1. The van der Waals surface area contributed by atoms with Gasteiger partial charge in [-0.25, -0.2) is 17.6 Å². The topological polar surface area (TPSA) is 101 Å². The Kier molecular flexibility index (Phi) is 7.40. The first-order chi connectivity index (χ1) is 17.1. The van der Waals surface area contributed by atoms with Gasteiger partial charge >= 0.3 is 5.97 Å². The summed E-state index contributed by atoms with van der Waals surface area (Å²) in [6, 6.07) is 17.2. The minimum atomic E-state index is -3.31. The fourth-order valence-electron chi connectivity index (χ4n) is 4.47. The molecule has 1 unspecified atom stereocenters. The van der Waals surface area contributed by atoms with Crippen molar-refractivity contribution in [3.05, 3.63) is 94.8 Å². The number of hydrogen-bond acceptors (Lipinski definition) is 5. The summed E-state index contributed by atoms with van der Waals surface area (Å²) in [6.45, 7) is -0.188. The molecule has 1 aliphatic rings. The van der Waals surface area contributed by atoms with E-state index in [2.05, 4.69) is 0 Å². The van der Waals surface area contributed by atoms with Crippen molar-refractivity contribution in [3.63, 3.8) is 0 Å². The van der Waals surface area contributed by atoms with Crippen LogP contribution in [0.5, 0.6) is 5.75 Å². The SMILES string of the molecule is CS(=O)(=O)c1ccc(CCC(=O)N2CCc3ccccc3C2c2cc(F)ccc2OCC(=O)O)cc1. The number of carboxylic acid groups (broad SMARTS) is 1. The number of aliphatic carboxylic acids is 1. The van der Waals surface area contributed by atoms with Crippen molar-refractivity contribution >= 4 is 21.7 Å². The average Bonchev–Trinajstić information content (AvgIpc) is 2.85. The lowest BCUT2D eigenvalue weighted by molar-refractivity contribution is -0.139. The second-order valence-corrected chi connectivity index (χ2v) is 10.7. The molecule has 36 heavy (non-hydrogen) atoms. The van der Waals surface area contributed by atoms with E-state index in [0.29, 0.717) is 24.9 Å². The van der Waals surface area contributed by atoms with E-state index in [1.165, 1.54) is 30.3 Å². The zero-order valence-corrected chi connectivity index (χ0v) is 20.5. The van der Waals surface area contributed by atoms with Crippen molar-refractivity contribution in [2.24, 2.45) is 0 Å². The van der Waals surface area contributed by atoms with Gasteiger partial charge in [-0.1, -0.05) is 36.4 Å². The van der Waals surface area contributed by atoms with E-state index in [4.69, 9.17) is 9.84 Å². The van der Waals surface area contributed by atoms with Crippen LogP contribution in [0.1, 0.15) is 34.7 Å². The third-order valence-corrected chi connectivity index (χ3v) is 7.33. The molecule has 1 heterocycles. The summed E-state index contributed by atoms with van der Waals surface area (Å²) in [4.78, 5) is 26.4. The number of aryl methyl sites for hydroxylation is 1. The zero-order valence-electron chi connectivity index (χ0n) is 19.7. The molecule has 0 saturated heterocycles. The van der Waals surface area contributed by atoms with Crippen LogP contribution in [0.2, 0.25) is 0 Å². The Morgan fingerprint density at radius 2 is 1.78 bits per heavy atom. The van der Waals surface area contributed by atoms with Gasteiger partial charge in [0.15, 0.2) is 16.4 Å². The van der Waals surface area contributed by atoms with Crippen LogP contribution in [-0.4, -0.2) is 49.7 Å². The summed E-state index contributed by atoms with van der Waals surface area (Å²) in [5.41, 5.74) is 3.06. The molecular weight excluding hydrogens is 485 g/mol. The molecule has 4 rings (SSSR count). The Labute approximate surface area is 209 Å². The molecule has 3 aromatic rings. The fourth-order valence-corrected chi connectivity index (χ4v) is 5.10. The predicted octanol–water partition coefficient (Wildman–Crippen LogP) is 3.80. The Bertz CT molecular complexity index is 1390. The van der Waals surface area contributed by atoms with Crippen molar-refractivity contribution in [1.82, 2.24) is 4.90 Å². The van der Waals surface area contributed by atoms with Crippen LogP contribution in [0.3, 0.4) is 0 Å². The van der Waals surface area contributed by atoms with E-state index in [1.54, 1.807) is 17.0 Å². The first-order valence-corrected chi connectivity index (χ1v) is 13.3. The maximum absolute atomic E-state index is 14.4. The zero-order chi connectivity index (χ0) is 25.9. The Morgan fingerprint density at radius 1 is 1.06 bits per heavy atom. The van der Waals surface area contributed by atoms with Gasteiger partial charge < -0.3 is 14.7 Å². The molecule has 0 fully saturated rings. The molecule has 0 radical (unpaired) electrons. The highest BCUT2D eigenvalue weighted by molar-refractivity contribution is 7.90. The molecule has 0 aliphatic carbocycles. The minimum Gasteiger partial charge on any atom is -0.482 e. The third kappa shape index (κ3) is 5.73. The molecule has 9 heteroatoms. The molecule has 1 aliphatic heterocycles. The molecule has 3 aromatic carbocycles. The van der Waals surface area contributed by atoms with E-state index < -0.39 is 34.3 Å². The molecule has 0 aromatic heterocycles. The van der Waals surface area contributed by atoms with Gasteiger partial charge in [0.25, 0.3) is 0 Å². The van der Waals surface area contributed by atoms with Crippen molar-refractivity contribution in [1.29, 1.82) is 0 Å². The number of sulfone groups is 1. The van der Waals surface area contributed by atoms with Gasteiger partial charge in [0.1, 0.15) is 11.6 Å². The second-order valence-electron chi connectivity index (χ2n) is 8.72. The van der Waals surface area contributed by atoms with Crippen LogP contribution < -0.4 is 4.74 Å². The summed E-state index contributed by atoms with van der Waals surface area (Å²) in [5.74, 6) is -1.64. The van der Waals surface area contributed by atoms with Gasteiger partial charge in [0.2, 0.25) is 5.91 Å². The van der Waals surface area contributed by atoms with Crippen LogP contribution in [0.25, 0.3) is 0 Å². The van der Waals surface area contributed by atoms with E-state index in [1.807, 2.05) is 24.3 Å². The predicted molar refractivity (Wildman–Crippen MR) is 131 cm³/mol. The van der Waals surface area contributed by atoms with Gasteiger partial charge in [-0.05, 0) is 59.9 Å². The van der Waals surface area contributed by atoms with E-state index in [9.17, 15) is 22.4 Å². The van der Waals surface area contributed by atoms with E-state index >= 15 is 0 Å². The van der Waals surface area contributed by atoms with Crippen molar-refractivity contribution in [2.75, 3.05) is 19.4 Å². The number of halogens is 1. The number of fused-ring (bicyclic) bond motifs is 1. The van der Waals surface area contributed by atoms with Gasteiger partial charge in [0, 0.05) is 24.8 Å². The maximum Gasteiger partial charge on any atom is 0.341 e. The van der Waals surface area contributed by atoms with Crippen LogP contribution in [-0.2, 0) is 32.3 Å². The fraction of sp³-hybridized carbons (Fsp3) is 0.259. The highest BCUT2D eigenvalue weighted by atomic mass is 32.2. The molecular formula is C27H26FNO6S. The first kappa shape index (κ1) is 25.4. The smallest absolute Gasteiger partial charge is 0.341 e. The molecule has 0 spiro atoms. The van der Waals surface area contributed by atoms with Crippen molar-refractivity contribution < 1.29 is 32.2 Å². The second kappa shape index (κ2) is 10.5. The van der Waals surface area contributed by atoms with Gasteiger partial charge in [-0.2, -0.15) is 0 Å². The van der Waals surface area contributed by atoms with Crippen LogP contribution in [0.15, 0.2) is 71.6 Å². The molecule has 7 nitrogen and oxygen atoms in total. The molecule has 0 bridgehead atoms. The lowest BCUT2D eigenvalue weighted by Gasteiger charge is -2.38. The Hall–Kier alpha value is -3.72. The van der Waals surface area contributed by atoms with Gasteiger partial charge in [-0.3, -0.25) is 4.79 Å². The summed E-state index contributed by atoms with van der Waals surface area (Å²) in [5, 5.41) is 9.07. The van der Waals surface area contributed by atoms with Gasteiger partial charge in [0.05, 0.1) is 10.9 Å². The van der Waals surface area contributed by atoms with Crippen molar-refractivity contribution in [3.8, 4) is 5.75 Å². The number of carbonyl (C=O) groups excluding carboxylic acids is 1. The van der Waals surface area contributed by atoms with Crippen LogP contribution in [0, 0.1) is 5.82 Å². The molecule has 1 atom stereocenters. The normalized spacial score (nSPS) is 15.3. The van der Waals surface area contributed by atoms with Gasteiger partial charge in [-0.15, -0.1) is 0 Å². The number of ether oxygens (including phenoxy) is 1.